The molecule has 200 valence electrons. The number of ether oxygens (including phenoxy) is 1. The van der Waals surface area contributed by atoms with Gasteiger partial charge in [0.15, 0.2) is 11.0 Å². The minimum atomic E-state index is -0.369. The molecular formula is C27H32N6O4S. The van der Waals surface area contributed by atoms with E-state index in [2.05, 4.69) is 20.8 Å². The summed E-state index contributed by atoms with van der Waals surface area (Å²) >= 11 is 1.26. The standard InChI is InChI=1S/C27H32N6O4S/c1-4-33-24(19(3)28-25(35)20-10-8-18(2)9-11-20)30-31-27(33)38-17-23(34)29-22-7-5-6-21(16-22)26(36)32-12-14-37-15-13-32/h5-11,16,19H,4,12-15,17H2,1-3H3,(H,28,35)(H,29,34)/t19-/m1/s1. The van der Waals surface area contributed by atoms with Crippen LogP contribution in [0, 0.1) is 6.92 Å². The number of carbonyl (C=O) groups is 3. The van der Waals surface area contributed by atoms with Crippen LogP contribution in [0.4, 0.5) is 5.69 Å². The summed E-state index contributed by atoms with van der Waals surface area (Å²) in [5.41, 5.74) is 2.74. The first-order valence-corrected chi connectivity index (χ1v) is 13.5. The first-order chi connectivity index (χ1) is 18.4. The van der Waals surface area contributed by atoms with Crippen LogP contribution < -0.4 is 10.6 Å². The number of hydrogen-bond donors (Lipinski definition) is 2. The molecule has 3 amide bonds. The Morgan fingerprint density at radius 1 is 1.05 bits per heavy atom. The van der Waals surface area contributed by atoms with Crippen molar-refractivity contribution in [1.82, 2.24) is 25.0 Å². The first-order valence-electron chi connectivity index (χ1n) is 12.6. The number of anilines is 1. The lowest BCUT2D eigenvalue weighted by molar-refractivity contribution is -0.113. The second kappa shape index (κ2) is 12.7. The molecule has 1 atom stereocenters. The lowest BCUT2D eigenvalue weighted by Gasteiger charge is -2.27. The van der Waals surface area contributed by atoms with E-state index < -0.39 is 0 Å². The van der Waals surface area contributed by atoms with E-state index in [9.17, 15) is 14.4 Å². The summed E-state index contributed by atoms with van der Waals surface area (Å²) in [6.07, 6.45) is 0. The molecule has 1 aromatic heterocycles. The fraction of sp³-hybridized carbons (Fsp3) is 0.370. The van der Waals surface area contributed by atoms with Gasteiger partial charge in [-0.1, -0.05) is 35.5 Å². The maximum atomic E-state index is 12.7. The number of rotatable bonds is 9. The van der Waals surface area contributed by atoms with E-state index in [-0.39, 0.29) is 29.5 Å². The van der Waals surface area contributed by atoms with Crippen molar-refractivity contribution in [3.05, 3.63) is 71.0 Å². The monoisotopic (exact) mass is 536 g/mol. The van der Waals surface area contributed by atoms with Crippen LogP contribution in [-0.2, 0) is 16.1 Å². The highest BCUT2D eigenvalue weighted by atomic mass is 32.2. The molecule has 0 aliphatic carbocycles. The lowest BCUT2D eigenvalue weighted by atomic mass is 10.1. The Hall–Kier alpha value is -3.70. The Morgan fingerprint density at radius 2 is 1.79 bits per heavy atom. The van der Waals surface area contributed by atoms with Crippen LogP contribution in [0.15, 0.2) is 53.7 Å². The van der Waals surface area contributed by atoms with E-state index in [0.717, 1.165) is 5.56 Å². The molecule has 3 aromatic rings. The summed E-state index contributed by atoms with van der Waals surface area (Å²) in [6, 6.07) is 13.9. The SMILES string of the molecule is CCn1c(SCC(=O)Nc2cccc(C(=O)N3CCOCC3)c2)nnc1[C@@H](C)NC(=O)c1ccc(C)cc1. The minimum absolute atomic E-state index is 0.0778. The van der Waals surface area contributed by atoms with Gasteiger partial charge in [0.25, 0.3) is 11.8 Å². The minimum Gasteiger partial charge on any atom is -0.378 e. The third-order valence-corrected chi connectivity index (χ3v) is 7.10. The van der Waals surface area contributed by atoms with Crippen LogP contribution in [0.1, 0.15) is 52.0 Å². The van der Waals surface area contributed by atoms with Gasteiger partial charge < -0.3 is 24.8 Å². The number of aryl methyl sites for hydroxylation is 1. The van der Waals surface area contributed by atoms with Crippen LogP contribution >= 0.6 is 11.8 Å². The summed E-state index contributed by atoms with van der Waals surface area (Å²) in [7, 11) is 0. The van der Waals surface area contributed by atoms with E-state index in [0.29, 0.717) is 60.6 Å². The Labute approximate surface area is 226 Å². The molecule has 1 aliphatic rings. The van der Waals surface area contributed by atoms with Gasteiger partial charge in [0.1, 0.15) is 0 Å². The maximum Gasteiger partial charge on any atom is 0.254 e. The molecular weight excluding hydrogens is 504 g/mol. The maximum absolute atomic E-state index is 12.7. The summed E-state index contributed by atoms with van der Waals surface area (Å²) in [5.74, 6) is 0.241. The molecule has 10 nitrogen and oxygen atoms in total. The second-order valence-electron chi connectivity index (χ2n) is 8.97. The molecule has 1 aliphatic heterocycles. The van der Waals surface area contributed by atoms with Crippen molar-refractivity contribution >= 4 is 35.2 Å². The number of thioether (sulfide) groups is 1. The summed E-state index contributed by atoms with van der Waals surface area (Å²) in [5, 5.41) is 14.9. The summed E-state index contributed by atoms with van der Waals surface area (Å²) < 4.78 is 7.20. The van der Waals surface area contributed by atoms with Crippen molar-refractivity contribution < 1.29 is 19.1 Å². The van der Waals surface area contributed by atoms with Crippen molar-refractivity contribution in [3.8, 4) is 0 Å². The molecule has 2 aromatic carbocycles. The molecule has 1 fully saturated rings. The molecule has 11 heteroatoms. The smallest absolute Gasteiger partial charge is 0.254 e. The number of amides is 3. The van der Waals surface area contributed by atoms with Gasteiger partial charge in [0.05, 0.1) is 25.0 Å². The van der Waals surface area contributed by atoms with E-state index in [1.807, 2.05) is 37.5 Å². The van der Waals surface area contributed by atoms with Gasteiger partial charge in [-0.3, -0.25) is 14.4 Å². The molecule has 2 heterocycles. The van der Waals surface area contributed by atoms with Crippen LogP contribution in [0.3, 0.4) is 0 Å². The third kappa shape index (κ3) is 6.78. The number of carbonyl (C=O) groups excluding carboxylic acids is 3. The van der Waals surface area contributed by atoms with Crippen molar-refractivity contribution in [2.75, 3.05) is 37.4 Å². The number of nitrogens with one attached hydrogen (secondary N) is 2. The Morgan fingerprint density at radius 3 is 2.50 bits per heavy atom. The highest BCUT2D eigenvalue weighted by Gasteiger charge is 2.21. The fourth-order valence-corrected chi connectivity index (χ4v) is 4.89. The van der Waals surface area contributed by atoms with Crippen molar-refractivity contribution in [2.45, 2.75) is 38.5 Å². The number of hydrogen-bond acceptors (Lipinski definition) is 7. The first kappa shape index (κ1) is 27.3. The Bertz CT molecular complexity index is 1290. The lowest BCUT2D eigenvalue weighted by Crippen LogP contribution is -2.40. The van der Waals surface area contributed by atoms with Gasteiger partial charge in [0.2, 0.25) is 5.91 Å². The van der Waals surface area contributed by atoms with Crippen LogP contribution in [0.25, 0.3) is 0 Å². The summed E-state index contributed by atoms with van der Waals surface area (Å²) in [4.78, 5) is 39.8. The van der Waals surface area contributed by atoms with Crippen molar-refractivity contribution in [2.24, 2.45) is 0 Å². The molecule has 0 radical (unpaired) electrons. The van der Waals surface area contributed by atoms with Gasteiger partial charge >= 0.3 is 0 Å². The van der Waals surface area contributed by atoms with Crippen LogP contribution in [0.2, 0.25) is 0 Å². The molecule has 2 N–H and O–H groups in total. The van der Waals surface area contributed by atoms with Crippen molar-refractivity contribution in [3.63, 3.8) is 0 Å². The van der Waals surface area contributed by atoms with Gasteiger partial charge in [-0.15, -0.1) is 10.2 Å². The zero-order valence-electron chi connectivity index (χ0n) is 21.8. The predicted octanol–water partition coefficient (Wildman–Crippen LogP) is 3.30. The van der Waals surface area contributed by atoms with E-state index >= 15 is 0 Å². The largest absolute Gasteiger partial charge is 0.378 e. The van der Waals surface area contributed by atoms with Crippen molar-refractivity contribution in [1.29, 1.82) is 0 Å². The average molecular weight is 537 g/mol. The zero-order valence-corrected chi connectivity index (χ0v) is 22.6. The second-order valence-corrected chi connectivity index (χ2v) is 9.91. The molecule has 1 saturated heterocycles. The molecule has 0 unspecified atom stereocenters. The van der Waals surface area contributed by atoms with Crippen LogP contribution in [0.5, 0.6) is 0 Å². The number of nitrogens with zero attached hydrogens (tertiary/aromatic N) is 4. The van der Waals surface area contributed by atoms with Gasteiger partial charge in [-0.2, -0.15) is 0 Å². The molecule has 4 rings (SSSR count). The molecule has 0 saturated carbocycles. The third-order valence-electron chi connectivity index (χ3n) is 6.13. The molecule has 0 spiro atoms. The van der Waals surface area contributed by atoms with Gasteiger partial charge in [-0.05, 0) is 51.1 Å². The molecule has 38 heavy (non-hydrogen) atoms. The average Bonchev–Trinajstić information content (AvgIpc) is 3.35. The molecule has 0 bridgehead atoms. The zero-order chi connectivity index (χ0) is 27.1. The van der Waals surface area contributed by atoms with Gasteiger partial charge in [0, 0.05) is 36.4 Å². The predicted molar refractivity (Wildman–Crippen MR) is 145 cm³/mol. The number of benzene rings is 2. The number of morpholine rings is 1. The van der Waals surface area contributed by atoms with E-state index in [4.69, 9.17) is 4.74 Å². The van der Waals surface area contributed by atoms with E-state index in [1.165, 1.54) is 11.8 Å². The topological polar surface area (TPSA) is 118 Å². The Balaban J connectivity index is 1.34. The van der Waals surface area contributed by atoms with Gasteiger partial charge in [-0.25, -0.2) is 0 Å². The van der Waals surface area contributed by atoms with Crippen LogP contribution in [-0.4, -0.2) is 69.4 Å². The van der Waals surface area contributed by atoms with E-state index in [1.54, 1.807) is 41.3 Å². The number of aromatic nitrogens is 3. The summed E-state index contributed by atoms with van der Waals surface area (Å²) in [6.45, 7) is 8.54. The quantitative estimate of drug-likeness (QED) is 0.403. The fourth-order valence-electron chi connectivity index (χ4n) is 4.08. The highest BCUT2D eigenvalue weighted by Crippen LogP contribution is 2.22. The Kier molecular flexibility index (Phi) is 9.14. The highest BCUT2D eigenvalue weighted by molar-refractivity contribution is 7.99. The normalized spacial score (nSPS) is 14.1.